The van der Waals surface area contributed by atoms with Crippen LogP contribution in [-0.2, 0) is 0 Å². The minimum absolute atomic E-state index is 0.881. The van der Waals surface area contributed by atoms with Crippen molar-refractivity contribution in [1.29, 1.82) is 0 Å². The van der Waals surface area contributed by atoms with Crippen LogP contribution < -0.4 is 10.3 Å². The normalized spacial score (nSPS) is 10.7. The smallest absolute Gasteiger partial charge is 0.0652 e. The molecule has 0 aliphatic rings. The van der Waals surface area contributed by atoms with Crippen molar-refractivity contribution < 1.29 is 0 Å². The Labute approximate surface area is 143 Å². The summed E-state index contributed by atoms with van der Waals surface area (Å²) in [6.45, 7) is 2.97. The minimum Gasteiger partial charge on any atom is -0.385 e. The average molecular weight is 315 g/mol. The molecule has 0 spiro atoms. The molecule has 3 nitrogen and oxygen atoms in total. The molecular weight excluding hydrogens is 294 g/mol. The lowest BCUT2D eigenvalue weighted by Crippen LogP contribution is -2.09. The lowest BCUT2D eigenvalue weighted by molar-refractivity contribution is 1.09. The molecule has 3 aromatic rings. The van der Waals surface area contributed by atoms with E-state index in [1.165, 1.54) is 0 Å². The molecule has 3 rings (SSSR count). The van der Waals surface area contributed by atoms with Crippen LogP contribution >= 0.6 is 0 Å². The van der Waals surface area contributed by atoms with Crippen LogP contribution in [0.15, 0.2) is 90.0 Å². The fourth-order valence-corrected chi connectivity index (χ4v) is 2.50. The first-order chi connectivity index (χ1) is 11.9. The molecule has 0 atom stereocenters. The lowest BCUT2D eigenvalue weighted by Gasteiger charge is -2.19. The highest BCUT2D eigenvalue weighted by Crippen LogP contribution is 2.25. The molecule has 0 aliphatic heterocycles. The first-order valence-electron chi connectivity index (χ1n) is 8.15. The van der Waals surface area contributed by atoms with E-state index in [-0.39, 0.29) is 0 Å². The van der Waals surface area contributed by atoms with Gasteiger partial charge in [0.05, 0.1) is 17.6 Å². The molecule has 120 valence electrons. The number of rotatable bonds is 6. The molecule has 0 saturated heterocycles. The maximum Gasteiger partial charge on any atom is 0.0652 e. The fraction of sp³-hybridized carbons (Fsp3) is 0.0952. The standard InChI is InChI=1S/C21H21N3/c1-2-22-21-16-10-9-11-18(21)17-23-24(19-12-5-3-6-13-19)20-14-7-4-8-15-20/h3-17,22H,2H2,1H3. The van der Waals surface area contributed by atoms with Gasteiger partial charge in [-0.1, -0.05) is 54.6 Å². The second-order valence-electron chi connectivity index (χ2n) is 5.35. The van der Waals surface area contributed by atoms with Gasteiger partial charge in [-0.25, -0.2) is 5.01 Å². The van der Waals surface area contributed by atoms with Gasteiger partial charge in [-0.15, -0.1) is 0 Å². The molecular formula is C21H21N3. The first kappa shape index (κ1) is 15.8. The maximum atomic E-state index is 4.75. The molecule has 0 amide bonds. The summed E-state index contributed by atoms with van der Waals surface area (Å²) in [5.41, 5.74) is 4.21. The van der Waals surface area contributed by atoms with Crippen molar-refractivity contribution in [3.8, 4) is 0 Å². The van der Waals surface area contributed by atoms with Crippen molar-refractivity contribution >= 4 is 23.3 Å². The van der Waals surface area contributed by atoms with E-state index in [0.717, 1.165) is 29.2 Å². The Bertz CT molecular complexity index is 743. The second-order valence-corrected chi connectivity index (χ2v) is 5.35. The predicted octanol–water partition coefficient (Wildman–Crippen LogP) is 5.29. The molecule has 0 bridgehead atoms. The summed E-state index contributed by atoms with van der Waals surface area (Å²) in [6.07, 6.45) is 1.90. The van der Waals surface area contributed by atoms with E-state index in [9.17, 15) is 0 Å². The van der Waals surface area contributed by atoms with Crippen LogP contribution in [0.1, 0.15) is 12.5 Å². The second kappa shape index (κ2) is 7.97. The van der Waals surface area contributed by atoms with E-state index in [4.69, 9.17) is 5.10 Å². The first-order valence-corrected chi connectivity index (χ1v) is 8.15. The van der Waals surface area contributed by atoms with Gasteiger partial charge in [0.2, 0.25) is 0 Å². The highest BCUT2D eigenvalue weighted by atomic mass is 15.5. The molecule has 3 aromatic carbocycles. The van der Waals surface area contributed by atoms with E-state index < -0.39 is 0 Å². The van der Waals surface area contributed by atoms with Gasteiger partial charge in [0.1, 0.15) is 0 Å². The molecule has 0 aliphatic carbocycles. The number of hydrazone groups is 1. The molecule has 0 fully saturated rings. The number of para-hydroxylation sites is 3. The third-order valence-corrected chi connectivity index (χ3v) is 3.64. The molecule has 3 heteroatoms. The van der Waals surface area contributed by atoms with E-state index >= 15 is 0 Å². The van der Waals surface area contributed by atoms with Crippen molar-refractivity contribution in [2.24, 2.45) is 5.10 Å². The molecule has 24 heavy (non-hydrogen) atoms. The van der Waals surface area contributed by atoms with Crippen molar-refractivity contribution in [2.45, 2.75) is 6.92 Å². The third-order valence-electron chi connectivity index (χ3n) is 3.64. The summed E-state index contributed by atoms with van der Waals surface area (Å²) in [4.78, 5) is 0. The van der Waals surface area contributed by atoms with Crippen molar-refractivity contribution in [1.82, 2.24) is 0 Å². The zero-order chi connectivity index (χ0) is 16.6. The Morgan fingerprint density at radius 3 is 1.92 bits per heavy atom. The van der Waals surface area contributed by atoms with Gasteiger partial charge in [0, 0.05) is 17.8 Å². The van der Waals surface area contributed by atoms with Gasteiger partial charge in [0.15, 0.2) is 0 Å². The maximum absolute atomic E-state index is 4.75. The highest BCUT2D eigenvalue weighted by molar-refractivity contribution is 5.88. The Kier molecular flexibility index (Phi) is 5.25. The average Bonchev–Trinajstić information content (AvgIpc) is 2.65. The van der Waals surface area contributed by atoms with Crippen molar-refractivity contribution in [2.75, 3.05) is 16.9 Å². The van der Waals surface area contributed by atoms with Crippen LogP contribution in [0.3, 0.4) is 0 Å². The van der Waals surface area contributed by atoms with Crippen molar-refractivity contribution in [3.63, 3.8) is 0 Å². The van der Waals surface area contributed by atoms with Gasteiger partial charge >= 0.3 is 0 Å². The molecule has 0 heterocycles. The molecule has 0 saturated carbocycles. The molecule has 0 aromatic heterocycles. The van der Waals surface area contributed by atoms with Gasteiger partial charge in [-0.3, -0.25) is 0 Å². The molecule has 0 unspecified atom stereocenters. The van der Waals surface area contributed by atoms with E-state index in [1.54, 1.807) is 0 Å². The minimum atomic E-state index is 0.881. The summed E-state index contributed by atoms with van der Waals surface area (Å²) < 4.78 is 0. The fourth-order valence-electron chi connectivity index (χ4n) is 2.50. The van der Waals surface area contributed by atoms with Gasteiger partial charge in [-0.2, -0.15) is 5.10 Å². The monoisotopic (exact) mass is 315 g/mol. The van der Waals surface area contributed by atoms with E-state index in [0.29, 0.717) is 0 Å². The van der Waals surface area contributed by atoms with Crippen molar-refractivity contribution in [3.05, 3.63) is 90.5 Å². The SMILES string of the molecule is CCNc1ccccc1C=NN(c1ccccc1)c1ccccc1. The Morgan fingerprint density at radius 1 is 0.792 bits per heavy atom. The molecule has 1 N–H and O–H groups in total. The summed E-state index contributed by atoms with van der Waals surface area (Å²) in [5.74, 6) is 0. The van der Waals surface area contributed by atoms with Gasteiger partial charge in [0.25, 0.3) is 0 Å². The number of anilines is 3. The van der Waals surface area contributed by atoms with Gasteiger partial charge < -0.3 is 5.32 Å². The lowest BCUT2D eigenvalue weighted by atomic mass is 10.2. The van der Waals surface area contributed by atoms with E-state index in [2.05, 4.69) is 48.6 Å². The highest BCUT2D eigenvalue weighted by Gasteiger charge is 2.07. The van der Waals surface area contributed by atoms with Crippen LogP contribution in [0.2, 0.25) is 0 Å². The number of benzene rings is 3. The summed E-state index contributed by atoms with van der Waals surface area (Å²) in [5, 5.41) is 10.1. The van der Waals surface area contributed by atoms with Gasteiger partial charge in [-0.05, 0) is 37.3 Å². The summed E-state index contributed by atoms with van der Waals surface area (Å²) >= 11 is 0. The third kappa shape index (κ3) is 3.82. The van der Waals surface area contributed by atoms with E-state index in [1.807, 2.05) is 59.8 Å². The quantitative estimate of drug-likeness (QED) is 0.494. The zero-order valence-electron chi connectivity index (χ0n) is 13.8. The largest absolute Gasteiger partial charge is 0.385 e. The number of hydrogen-bond donors (Lipinski definition) is 1. The predicted molar refractivity (Wildman–Crippen MR) is 103 cm³/mol. The topological polar surface area (TPSA) is 27.6 Å². The number of nitrogens with zero attached hydrogens (tertiary/aromatic N) is 2. The number of hydrogen-bond acceptors (Lipinski definition) is 3. The zero-order valence-corrected chi connectivity index (χ0v) is 13.8. The Balaban J connectivity index is 1.96. The summed E-state index contributed by atoms with van der Waals surface area (Å²) in [6, 6.07) is 28.5. The Morgan fingerprint density at radius 2 is 1.33 bits per heavy atom. The number of nitrogens with one attached hydrogen (secondary N) is 1. The van der Waals surface area contributed by atoms with Crippen LogP contribution in [0.4, 0.5) is 17.1 Å². The Hall–Kier alpha value is -3.07. The van der Waals surface area contributed by atoms with Crippen LogP contribution in [0, 0.1) is 0 Å². The molecule has 0 radical (unpaired) electrons. The summed E-state index contributed by atoms with van der Waals surface area (Å²) in [7, 11) is 0. The van der Waals surface area contributed by atoms with Crippen LogP contribution in [0.25, 0.3) is 0 Å². The van der Waals surface area contributed by atoms with Crippen LogP contribution in [0.5, 0.6) is 0 Å². The van der Waals surface area contributed by atoms with Crippen LogP contribution in [-0.4, -0.2) is 12.8 Å².